The average Bonchev–Trinajstić information content (AvgIpc) is 2.39. The molecule has 0 saturated heterocycles. The third-order valence-corrected chi connectivity index (χ3v) is 5.80. The summed E-state index contributed by atoms with van der Waals surface area (Å²) in [5.74, 6) is 0.479. The molecule has 0 amide bonds. The molecule has 1 N–H and O–H groups in total. The molecule has 0 bridgehead atoms. The molecule has 0 aromatic heterocycles. The van der Waals surface area contributed by atoms with E-state index in [1.165, 1.54) is 19.3 Å². The van der Waals surface area contributed by atoms with Crippen LogP contribution < -0.4 is 4.72 Å². The molecule has 1 saturated carbocycles. The molecule has 0 spiro atoms. The molecule has 3 nitrogen and oxygen atoms in total. The van der Waals surface area contributed by atoms with Gasteiger partial charge in [-0.3, -0.25) is 0 Å². The van der Waals surface area contributed by atoms with Crippen molar-refractivity contribution >= 4 is 10.0 Å². The Labute approximate surface area is 116 Å². The summed E-state index contributed by atoms with van der Waals surface area (Å²) in [7, 11) is -3.39. The molecule has 1 aliphatic rings. The summed E-state index contributed by atoms with van der Waals surface area (Å²) in [5.41, 5.74) is 0.797. The lowest BCUT2D eigenvalue weighted by Gasteiger charge is -2.28. The quantitative estimate of drug-likeness (QED) is 0.921. The minimum Gasteiger partial charge on any atom is -0.208 e. The van der Waals surface area contributed by atoms with Crippen molar-refractivity contribution < 1.29 is 8.42 Å². The second-order valence-corrected chi connectivity index (χ2v) is 7.26. The Morgan fingerprint density at radius 3 is 2.42 bits per heavy atom. The summed E-state index contributed by atoms with van der Waals surface area (Å²) in [4.78, 5) is 0.401. The smallest absolute Gasteiger partial charge is 0.208 e. The minimum absolute atomic E-state index is 0.0184. The highest BCUT2D eigenvalue weighted by Crippen LogP contribution is 2.27. The van der Waals surface area contributed by atoms with E-state index in [4.69, 9.17) is 0 Å². The van der Waals surface area contributed by atoms with Crippen LogP contribution in [0.2, 0.25) is 0 Å². The number of sulfonamides is 1. The van der Waals surface area contributed by atoms with Crippen molar-refractivity contribution in [2.24, 2.45) is 5.92 Å². The lowest BCUT2D eigenvalue weighted by Crippen LogP contribution is -2.39. The zero-order valence-electron chi connectivity index (χ0n) is 11.7. The Morgan fingerprint density at radius 1 is 1.16 bits per heavy atom. The molecule has 106 valence electrons. The summed E-state index contributed by atoms with van der Waals surface area (Å²) >= 11 is 0. The van der Waals surface area contributed by atoms with Crippen molar-refractivity contribution in [2.75, 3.05) is 0 Å². The van der Waals surface area contributed by atoms with Crippen LogP contribution in [0.15, 0.2) is 29.2 Å². The second kappa shape index (κ2) is 6.06. The molecule has 2 rings (SSSR count). The number of nitrogens with one attached hydrogen (secondary N) is 1. The van der Waals surface area contributed by atoms with E-state index in [2.05, 4.69) is 4.72 Å². The average molecular weight is 281 g/mol. The van der Waals surface area contributed by atoms with E-state index in [0.29, 0.717) is 10.8 Å². The van der Waals surface area contributed by atoms with Crippen LogP contribution in [0, 0.1) is 12.8 Å². The van der Waals surface area contributed by atoms with Crippen LogP contribution in [0.4, 0.5) is 0 Å². The van der Waals surface area contributed by atoms with Crippen LogP contribution in [0.3, 0.4) is 0 Å². The molecular weight excluding hydrogens is 258 g/mol. The molecule has 1 aliphatic carbocycles. The minimum atomic E-state index is -3.39. The van der Waals surface area contributed by atoms with Crippen molar-refractivity contribution in [1.29, 1.82) is 0 Å². The molecule has 19 heavy (non-hydrogen) atoms. The summed E-state index contributed by atoms with van der Waals surface area (Å²) in [5, 5.41) is 0. The van der Waals surface area contributed by atoms with Crippen molar-refractivity contribution in [3.63, 3.8) is 0 Å². The number of rotatable bonds is 4. The molecule has 0 radical (unpaired) electrons. The van der Waals surface area contributed by atoms with Crippen molar-refractivity contribution in [2.45, 2.75) is 56.9 Å². The highest BCUT2D eigenvalue weighted by atomic mass is 32.2. The van der Waals surface area contributed by atoms with Crippen molar-refractivity contribution in [1.82, 2.24) is 4.72 Å². The first kappa shape index (κ1) is 14.5. The molecule has 4 heteroatoms. The first-order valence-electron chi connectivity index (χ1n) is 7.08. The highest BCUT2D eigenvalue weighted by molar-refractivity contribution is 7.89. The molecule has 1 aromatic carbocycles. The van der Waals surface area contributed by atoms with E-state index in [1.54, 1.807) is 12.1 Å². The van der Waals surface area contributed by atoms with E-state index >= 15 is 0 Å². The molecule has 1 aromatic rings. The highest BCUT2D eigenvalue weighted by Gasteiger charge is 2.25. The van der Waals surface area contributed by atoms with Gasteiger partial charge in [0.05, 0.1) is 4.90 Å². The molecular formula is C15H23NO2S. The summed E-state index contributed by atoms with van der Waals surface area (Å²) in [6.07, 6.45) is 6.00. The summed E-state index contributed by atoms with van der Waals surface area (Å²) < 4.78 is 27.6. The standard InChI is InChI=1S/C15H23NO2S/c1-12-8-6-7-11-15(12)19(17,18)16-13(2)14-9-4-3-5-10-14/h6-8,11,13-14,16H,3-5,9-10H2,1-2H3/t13-/m0/s1. The molecule has 1 fully saturated rings. The number of hydrogen-bond donors (Lipinski definition) is 1. The van der Waals surface area contributed by atoms with Gasteiger partial charge in [0.25, 0.3) is 0 Å². The molecule has 1 atom stereocenters. The Morgan fingerprint density at radius 2 is 1.79 bits per heavy atom. The van der Waals surface area contributed by atoms with Gasteiger partial charge in [-0.2, -0.15) is 0 Å². The lowest BCUT2D eigenvalue weighted by molar-refractivity contribution is 0.303. The summed E-state index contributed by atoms with van der Waals surface area (Å²) in [6, 6.07) is 7.15. The maximum atomic E-state index is 12.4. The van der Waals surface area contributed by atoms with Gasteiger partial charge in [-0.25, -0.2) is 13.1 Å². The van der Waals surface area contributed by atoms with Crippen LogP contribution in [-0.4, -0.2) is 14.5 Å². The van der Waals surface area contributed by atoms with Gasteiger partial charge in [0.15, 0.2) is 0 Å². The van der Waals surface area contributed by atoms with Gasteiger partial charge in [0, 0.05) is 6.04 Å². The normalized spacial score (nSPS) is 19.3. The Hall–Kier alpha value is -0.870. The van der Waals surface area contributed by atoms with Crippen LogP contribution >= 0.6 is 0 Å². The fourth-order valence-electron chi connectivity index (χ4n) is 2.90. The maximum absolute atomic E-state index is 12.4. The van der Waals surface area contributed by atoms with E-state index < -0.39 is 10.0 Å². The van der Waals surface area contributed by atoms with E-state index in [1.807, 2.05) is 26.0 Å². The SMILES string of the molecule is Cc1ccccc1S(=O)(=O)N[C@@H](C)C1CCCCC1. The van der Waals surface area contributed by atoms with Crippen LogP contribution in [-0.2, 0) is 10.0 Å². The monoisotopic (exact) mass is 281 g/mol. The first-order valence-corrected chi connectivity index (χ1v) is 8.57. The zero-order valence-corrected chi connectivity index (χ0v) is 12.5. The Balaban J connectivity index is 2.11. The fourth-order valence-corrected chi connectivity index (χ4v) is 4.46. The second-order valence-electron chi connectivity index (χ2n) is 5.57. The van der Waals surface area contributed by atoms with Crippen molar-refractivity contribution in [3.8, 4) is 0 Å². The van der Waals surface area contributed by atoms with Crippen LogP contribution in [0.1, 0.15) is 44.6 Å². The van der Waals surface area contributed by atoms with E-state index in [9.17, 15) is 8.42 Å². The summed E-state index contributed by atoms with van der Waals surface area (Å²) in [6.45, 7) is 3.83. The van der Waals surface area contributed by atoms with Gasteiger partial charge in [-0.1, -0.05) is 37.5 Å². The third-order valence-electron chi connectivity index (χ3n) is 4.08. The van der Waals surface area contributed by atoms with E-state index in [-0.39, 0.29) is 6.04 Å². The van der Waals surface area contributed by atoms with Gasteiger partial charge in [0.1, 0.15) is 0 Å². The van der Waals surface area contributed by atoms with Gasteiger partial charge in [-0.15, -0.1) is 0 Å². The van der Waals surface area contributed by atoms with Gasteiger partial charge < -0.3 is 0 Å². The molecule has 0 aliphatic heterocycles. The predicted molar refractivity (Wildman–Crippen MR) is 77.5 cm³/mol. The van der Waals surface area contributed by atoms with Crippen LogP contribution in [0.25, 0.3) is 0 Å². The zero-order chi connectivity index (χ0) is 13.9. The van der Waals surface area contributed by atoms with Gasteiger partial charge in [0.2, 0.25) is 10.0 Å². The van der Waals surface area contributed by atoms with Gasteiger partial charge >= 0.3 is 0 Å². The van der Waals surface area contributed by atoms with Crippen molar-refractivity contribution in [3.05, 3.63) is 29.8 Å². The Kier molecular flexibility index (Phi) is 4.63. The third kappa shape index (κ3) is 3.57. The number of benzene rings is 1. The number of hydrogen-bond acceptors (Lipinski definition) is 2. The van der Waals surface area contributed by atoms with Crippen LogP contribution in [0.5, 0.6) is 0 Å². The van der Waals surface area contributed by atoms with E-state index in [0.717, 1.165) is 18.4 Å². The largest absolute Gasteiger partial charge is 0.241 e. The topological polar surface area (TPSA) is 46.2 Å². The Bertz CT molecular complexity index is 519. The fraction of sp³-hybridized carbons (Fsp3) is 0.600. The lowest BCUT2D eigenvalue weighted by atomic mass is 9.85. The maximum Gasteiger partial charge on any atom is 0.241 e. The molecule has 0 unspecified atom stereocenters. The first-order chi connectivity index (χ1) is 9.00. The molecule has 0 heterocycles. The predicted octanol–water partition coefficient (Wildman–Crippen LogP) is 3.24. The van der Waals surface area contributed by atoms with Gasteiger partial charge in [-0.05, 0) is 44.2 Å². The number of aryl methyl sites for hydroxylation is 1.